The molecule has 39 heavy (non-hydrogen) atoms. The maximum atomic E-state index is 12.8. The minimum Gasteiger partial charge on any atom is -0.444 e. The van der Waals surface area contributed by atoms with Crippen LogP contribution in [-0.2, 0) is 22.6 Å². The van der Waals surface area contributed by atoms with Gasteiger partial charge in [0.25, 0.3) is 0 Å². The van der Waals surface area contributed by atoms with Gasteiger partial charge in [0.05, 0.1) is 5.69 Å². The van der Waals surface area contributed by atoms with E-state index in [-0.39, 0.29) is 24.6 Å². The highest BCUT2D eigenvalue weighted by molar-refractivity contribution is 5.89. The van der Waals surface area contributed by atoms with Crippen LogP contribution >= 0.6 is 0 Å². The van der Waals surface area contributed by atoms with Gasteiger partial charge < -0.3 is 15.4 Å². The van der Waals surface area contributed by atoms with Crippen LogP contribution in [0.4, 0.5) is 19.3 Å². The van der Waals surface area contributed by atoms with E-state index in [2.05, 4.69) is 29.7 Å². The van der Waals surface area contributed by atoms with Crippen LogP contribution in [0.15, 0.2) is 66.7 Å². The molecule has 0 bridgehead atoms. The zero-order valence-corrected chi connectivity index (χ0v) is 22.8. The zero-order chi connectivity index (χ0) is 28.2. The predicted octanol–water partition coefficient (Wildman–Crippen LogP) is 6.23. The predicted molar refractivity (Wildman–Crippen MR) is 150 cm³/mol. The van der Waals surface area contributed by atoms with Gasteiger partial charge in [-0.2, -0.15) is 0 Å². The molecule has 8 heteroatoms. The Morgan fingerprint density at radius 1 is 0.974 bits per heavy atom. The Kier molecular flexibility index (Phi) is 11.4. The van der Waals surface area contributed by atoms with Crippen molar-refractivity contribution in [1.29, 1.82) is 0 Å². The highest BCUT2D eigenvalue weighted by Gasteiger charge is 2.29. The number of nitrogens with zero attached hydrogens (tertiary/aromatic N) is 1. The van der Waals surface area contributed by atoms with Gasteiger partial charge in [-0.05, 0) is 73.2 Å². The Labute approximate surface area is 229 Å². The molecule has 1 aliphatic rings. The molecule has 1 atom stereocenters. The Morgan fingerprint density at radius 3 is 2.33 bits per heavy atom. The minimum absolute atomic E-state index is 0.00439. The lowest BCUT2D eigenvalue weighted by atomic mass is 9.94. The van der Waals surface area contributed by atoms with Crippen molar-refractivity contribution in [2.45, 2.75) is 52.7 Å². The van der Waals surface area contributed by atoms with E-state index in [4.69, 9.17) is 4.74 Å². The lowest BCUT2D eigenvalue weighted by molar-refractivity contribution is -0.118. The van der Waals surface area contributed by atoms with Gasteiger partial charge >= 0.3 is 6.09 Å². The standard InChI is InChI=1S/C24H31N3O3.C7H6F2/c1-3-19-10-11-23-21(16-19)22(26-14-7-13-25-18(2)28)12-15-27(23)24(29)30-17-20-8-5-4-6-9-20;1-5-2-6(8)4-7(9)3-5/h4-6,8-11,16,22,26H,3,7,12-15,17H2,1-2H3,(H,25,28);2-4H,1H3. The monoisotopic (exact) mass is 537 g/mol. The Hall–Kier alpha value is -3.78. The lowest BCUT2D eigenvalue weighted by Gasteiger charge is -2.34. The number of anilines is 1. The first kappa shape index (κ1) is 29.8. The first-order chi connectivity index (χ1) is 18.8. The number of carbonyl (C=O) groups is 2. The van der Waals surface area contributed by atoms with Crippen molar-refractivity contribution < 1.29 is 23.1 Å². The van der Waals surface area contributed by atoms with Crippen molar-refractivity contribution in [3.8, 4) is 0 Å². The first-order valence-electron chi connectivity index (χ1n) is 13.3. The molecule has 6 nitrogen and oxygen atoms in total. The molecule has 1 unspecified atom stereocenters. The first-order valence-corrected chi connectivity index (χ1v) is 13.3. The quantitative estimate of drug-likeness (QED) is 0.335. The van der Waals surface area contributed by atoms with Crippen LogP contribution < -0.4 is 15.5 Å². The maximum Gasteiger partial charge on any atom is 0.414 e. The number of hydrogen-bond acceptors (Lipinski definition) is 4. The third-order valence-corrected chi connectivity index (χ3v) is 6.36. The van der Waals surface area contributed by atoms with Crippen LogP contribution in [-0.4, -0.2) is 31.6 Å². The van der Waals surface area contributed by atoms with Gasteiger partial charge in [0.2, 0.25) is 5.91 Å². The molecule has 0 radical (unpaired) electrons. The van der Waals surface area contributed by atoms with Crippen molar-refractivity contribution in [3.05, 3.63) is 101 Å². The number of carbonyl (C=O) groups excluding carboxylic acids is 2. The van der Waals surface area contributed by atoms with Crippen LogP contribution in [0.3, 0.4) is 0 Å². The Morgan fingerprint density at radius 2 is 1.69 bits per heavy atom. The van der Waals surface area contributed by atoms with Gasteiger partial charge in [-0.15, -0.1) is 0 Å². The normalized spacial score (nSPS) is 14.1. The van der Waals surface area contributed by atoms with Crippen molar-refractivity contribution in [2.75, 3.05) is 24.5 Å². The third kappa shape index (κ3) is 9.48. The molecule has 4 rings (SSSR count). The minimum atomic E-state index is -0.521. The average Bonchev–Trinajstić information content (AvgIpc) is 2.91. The molecule has 0 saturated heterocycles. The average molecular weight is 538 g/mol. The summed E-state index contributed by atoms with van der Waals surface area (Å²) in [7, 11) is 0. The van der Waals surface area contributed by atoms with Gasteiger partial charge in [-0.25, -0.2) is 13.6 Å². The van der Waals surface area contributed by atoms with Crippen molar-refractivity contribution in [2.24, 2.45) is 0 Å². The van der Waals surface area contributed by atoms with E-state index in [0.717, 1.165) is 48.7 Å². The SMILES string of the molecule is CCc1ccc2c(c1)C(NCCCNC(C)=O)CCN2C(=O)OCc1ccccc1.Cc1cc(F)cc(F)c1. The molecule has 0 aliphatic carbocycles. The van der Waals surface area contributed by atoms with Crippen LogP contribution in [0.1, 0.15) is 55.0 Å². The molecule has 0 fully saturated rings. The van der Waals surface area contributed by atoms with E-state index >= 15 is 0 Å². The Bertz CT molecular complexity index is 1190. The third-order valence-electron chi connectivity index (χ3n) is 6.36. The van der Waals surface area contributed by atoms with Gasteiger partial charge in [0, 0.05) is 32.1 Å². The second-order valence-corrected chi connectivity index (χ2v) is 9.52. The number of rotatable bonds is 8. The van der Waals surface area contributed by atoms with Crippen molar-refractivity contribution >= 4 is 17.7 Å². The zero-order valence-electron chi connectivity index (χ0n) is 22.8. The summed E-state index contributed by atoms with van der Waals surface area (Å²) in [6.07, 6.45) is 2.32. The molecule has 1 heterocycles. The smallest absolute Gasteiger partial charge is 0.414 e. The van der Waals surface area contributed by atoms with Gasteiger partial charge in [0.1, 0.15) is 18.2 Å². The van der Waals surface area contributed by atoms with Crippen molar-refractivity contribution in [3.63, 3.8) is 0 Å². The van der Waals surface area contributed by atoms with Gasteiger partial charge in [-0.1, -0.05) is 49.4 Å². The van der Waals surface area contributed by atoms with E-state index < -0.39 is 11.6 Å². The molecule has 3 aromatic carbocycles. The number of halogens is 2. The Balaban J connectivity index is 0.000000395. The lowest BCUT2D eigenvalue weighted by Crippen LogP contribution is -2.40. The molecule has 208 valence electrons. The molecule has 2 amide bonds. The number of benzene rings is 3. The summed E-state index contributed by atoms with van der Waals surface area (Å²) >= 11 is 0. The topological polar surface area (TPSA) is 70.7 Å². The maximum absolute atomic E-state index is 12.8. The highest BCUT2D eigenvalue weighted by atomic mass is 19.1. The van der Waals surface area contributed by atoms with E-state index in [1.165, 1.54) is 24.6 Å². The largest absolute Gasteiger partial charge is 0.444 e. The number of ether oxygens (including phenoxy) is 1. The second-order valence-electron chi connectivity index (χ2n) is 9.52. The summed E-state index contributed by atoms with van der Waals surface area (Å²) in [6.45, 7) is 7.65. The van der Waals surface area contributed by atoms with E-state index in [0.29, 0.717) is 18.7 Å². The highest BCUT2D eigenvalue weighted by Crippen LogP contribution is 2.35. The fourth-order valence-corrected chi connectivity index (χ4v) is 4.40. The van der Waals surface area contributed by atoms with Crippen molar-refractivity contribution in [1.82, 2.24) is 10.6 Å². The molecule has 3 aromatic rings. The fraction of sp³-hybridized carbons (Fsp3) is 0.355. The second kappa shape index (κ2) is 15.0. The summed E-state index contributed by atoms with van der Waals surface area (Å²) in [5, 5.41) is 6.41. The number of aryl methyl sites for hydroxylation is 2. The van der Waals surface area contributed by atoms with E-state index in [9.17, 15) is 18.4 Å². The summed E-state index contributed by atoms with van der Waals surface area (Å²) in [5.74, 6) is -1.05. The van der Waals surface area contributed by atoms with E-state index in [1.807, 2.05) is 36.4 Å². The number of amides is 2. The van der Waals surface area contributed by atoms with Crippen LogP contribution in [0.5, 0.6) is 0 Å². The molecular weight excluding hydrogens is 500 g/mol. The number of hydrogen-bond donors (Lipinski definition) is 2. The van der Waals surface area contributed by atoms with Crippen LogP contribution in [0, 0.1) is 18.6 Å². The molecule has 1 aliphatic heterocycles. The number of fused-ring (bicyclic) bond motifs is 1. The molecule has 0 saturated carbocycles. The molecular formula is C31H37F2N3O3. The molecule has 0 aromatic heterocycles. The summed E-state index contributed by atoms with van der Waals surface area (Å²) < 4.78 is 30.0. The summed E-state index contributed by atoms with van der Waals surface area (Å²) in [6, 6.07) is 19.6. The van der Waals surface area contributed by atoms with Crippen LogP contribution in [0.25, 0.3) is 0 Å². The van der Waals surface area contributed by atoms with Gasteiger partial charge in [0.15, 0.2) is 0 Å². The summed E-state index contributed by atoms with van der Waals surface area (Å²) in [5.41, 5.74) is 4.88. The van der Waals surface area contributed by atoms with Crippen LogP contribution in [0.2, 0.25) is 0 Å². The molecule has 0 spiro atoms. The van der Waals surface area contributed by atoms with Gasteiger partial charge in [-0.3, -0.25) is 9.69 Å². The van der Waals surface area contributed by atoms with E-state index in [1.54, 1.807) is 11.8 Å². The number of nitrogens with one attached hydrogen (secondary N) is 2. The fourth-order valence-electron chi connectivity index (χ4n) is 4.40. The summed E-state index contributed by atoms with van der Waals surface area (Å²) in [4.78, 5) is 25.6. The molecule has 2 N–H and O–H groups in total.